The fourth-order valence-corrected chi connectivity index (χ4v) is 4.35. The second-order valence-corrected chi connectivity index (χ2v) is 6.98. The molecule has 2 unspecified atom stereocenters. The maximum atomic E-state index is 12.5. The van der Waals surface area contributed by atoms with Gasteiger partial charge >= 0.3 is 22.4 Å². The summed E-state index contributed by atoms with van der Waals surface area (Å²) in [7, 11) is -4.92. The zero-order chi connectivity index (χ0) is 17.0. The number of fused-ring (bicyclic) bond motifs is 4. The highest BCUT2D eigenvalue weighted by molar-refractivity contribution is 8.00. The fraction of sp³-hybridized carbons (Fsp3) is 0.333. The monoisotopic (exact) mass is 360 g/mol. The molecule has 2 aliphatic heterocycles. The number of carbonyl (C=O) groups is 2. The second-order valence-electron chi connectivity index (χ2n) is 4.98. The van der Waals surface area contributed by atoms with Crippen molar-refractivity contribution in [3.63, 3.8) is 0 Å². The molecular formula is C12H12N2O7S2. The Morgan fingerprint density at radius 2 is 2.09 bits per heavy atom. The second kappa shape index (κ2) is 5.09. The average Bonchev–Trinajstić information content (AvgIpc) is 2.75. The van der Waals surface area contributed by atoms with Crippen LogP contribution >= 0.6 is 11.8 Å². The quantitative estimate of drug-likeness (QED) is 0.756. The predicted molar refractivity (Wildman–Crippen MR) is 78.6 cm³/mol. The molecule has 0 aliphatic carbocycles. The van der Waals surface area contributed by atoms with Crippen LogP contribution in [0.1, 0.15) is 17.2 Å². The van der Waals surface area contributed by atoms with E-state index in [-0.39, 0.29) is 6.54 Å². The molecule has 11 heteroatoms. The molecule has 2 atom stereocenters. The van der Waals surface area contributed by atoms with Gasteiger partial charge in [-0.1, -0.05) is 24.3 Å². The number of hydrogen-bond donors (Lipinski definition) is 2. The van der Waals surface area contributed by atoms with E-state index in [0.29, 0.717) is 16.2 Å². The van der Waals surface area contributed by atoms with Gasteiger partial charge in [-0.25, -0.2) is 9.59 Å². The Hall–Kier alpha value is -1.82. The number of hydrogen-bond acceptors (Lipinski definition) is 6. The number of benzene rings is 1. The van der Waals surface area contributed by atoms with Crippen LogP contribution in [0.15, 0.2) is 24.3 Å². The number of urea groups is 1. The molecular weight excluding hydrogens is 348 g/mol. The highest BCUT2D eigenvalue weighted by atomic mass is 32.3. The first-order valence-corrected chi connectivity index (χ1v) is 8.97. The van der Waals surface area contributed by atoms with Crippen LogP contribution in [0.4, 0.5) is 4.79 Å². The van der Waals surface area contributed by atoms with Gasteiger partial charge in [-0.2, -0.15) is 13.5 Å². The van der Waals surface area contributed by atoms with E-state index < -0.39 is 33.3 Å². The van der Waals surface area contributed by atoms with E-state index in [0.717, 1.165) is 16.7 Å². The van der Waals surface area contributed by atoms with Gasteiger partial charge in [0.25, 0.3) is 0 Å². The average molecular weight is 360 g/mol. The van der Waals surface area contributed by atoms with Gasteiger partial charge in [-0.15, -0.1) is 16.0 Å². The topological polar surface area (TPSA) is 124 Å². The lowest BCUT2D eigenvalue weighted by Crippen LogP contribution is -2.52. The summed E-state index contributed by atoms with van der Waals surface area (Å²) < 4.78 is 35.2. The summed E-state index contributed by atoms with van der Waals surface area (Å²) in [5.74, 6) is -1.25. The van der Waals surface area contributed by atoms with Crippen LogP contribution in [0.2, 0.25) is 0 Å². The highest BCUT2D eigenvalue weighted by Gasteiger charge is 2.60. The number of carbonyl (C=O) groups excluding carboxylic acids is 1. The Morgan fingerprint density at radius 3 is 2.65 bits per heavy atom. The summed E-state index contributed by atoms with van der Waals surface area (Å²) in [6.07, 6.45) is 1.55. The van der Waals surface area contributed by atoms with Crippen LogP contribution in [-0.4, -0.2) is 52.8 Å². The van der Waals surface area contributed by atoms with Crippen molar-refractivity contribution in [2.24, 2.45) is 0 Å². The normalized spacial score (nSPS) is 26.3. The minimum absolute atomic E-state index is 0.0709. The van der Waals surface area contributed by atoms with Crippen molar-refractivity contribution in [3.05, 3.63) is 35.4 Å². The van der Waals surface area contributed by atoms with Crippen molar-refractivity contribution < 1.29 is 31.9 Å². The lowest BCUT2D eigenvalue weighted by Gasteiger charge is -2.40. The number of carboxylic acid groups (broad SMARTS) is 1. The van der Waals surface area contributed by atoms with Crippen molar-refractivity contribution in [2.75, 3.05) is 12.8 Å². The van der Waals surface area contributed by atoms with Crippen LogP contribution in [0, 0.1) is 0 Å². The number of carboxylic acids is 1. The minimum Gasteiger partial charge on any atom is -0.479 e. The third kappa shape index (κ3) is 2.19. The summed E-state index contributed by atoms with van der Waals surface area (Å²) in [5, 5.41) is 10.2. The van der Waals surface area contributed by atoms with Gasteiger partial charge in [0.2, 0.25) is 4.87 Å². The number of thioether (sulfide) groups is 1. The van der Waals surface area contributed by atoms with E-state index in [4.69, 9.17) is 4.55 Å². The van der Waals surface area contributed by atoms with Gasteiger partial charge in [-0.3, -0.25) is 9.45 Å². The lowest BCUT2D eigenvalue weighted by atomic mass is 9.90. The Morgan fingerprint density at radius 1 is 1.43 bits per heavy atom. The predicted octanol–water partition coefficient (Wildman–Crippen LogP) is 0.814. The Labute approximate surface area is 135 Å². The maximum absolute atomic E-state index is 12.5. The van der Waals surface area contributed by atoms with Crippen molar-refractivity contribution in [3.8, 4) is 0 Å². The molecule has 0 aromatic heterocycles. The standard InChI is InChI=1S/C12H12N2O7S2/c1-22-12(10(15)16)8-5-3-2-4-7(8)9-6-13(12)11(17)14(9)21-23(18,19)20/h2-5,9H,6H2,1H3,(H,15,16)(H,18,19,20). The van der Waals surface area contributed by atoms with Gasteiger partial charge in [0, 0.05) is 5.56 Å². The molecule has 124 valence electrons. The van der Waals surface area contributed by atoms with Crippen LogP contribution in [0.25, 0.3) is 0 Å². The molecule has 0 saturated carbocycles. The minimum atomic E-state index is -4.92. The molecule has 2 bridgehead atoms. The number of nitrogens with zero attached hydrogens (tertiary/aromatic N) is 2. The summed E-state index contributed by atoms with van der Waals surface area (Å²) >= 11 is 0.938. The first-order chi connectivity index (χ1) is 10.7. The van der Waals surface area contributed by atoms with Crippen LogP contribution in [-0.2, 0) is 24.3 Å². The molecule has 1 aromatic carbocycles. The number of amides is 2. The molecule has 2 aliphatic rings. The number of rotatable bonds is 4. The van der Waals surface area contributed by atoms with Gasteiger partial charge in [0.05, 0.1) is 6.54 Å². The van der Waals surface area contributed by atoms with Crippen molar-refractivity contribution in [1.29, 1.82) is 0 Å². The van der Waals surface area contributed by atoms with Crippen molar-refractivity contribution in [1.82, 2.24) is 9.96 Å². The van der Waals surface area contributed by atoms with Gasteiger partial charge in [-0.05, 0) is 11.8 Å². The zero-order valence-electron chi connectivity index (χ0n) is 11.7. The molecule has 0 spiro atoms. The summed E-state index contributed by atoms with van der Waals surface area (Å²) in [6, 6.07) is 4.68. The Balaban J connectivity index is 2.22. The van der Waals surface area contributed by atoms with Crippen LogP contribution in [0.5, 0.6) is 0 Å². The zero-order valence-corrected chi connectivity index (χ0v) is 13.4. The largest absolute Gasteiger partial charge is 0.479 e. The van der Waals surface area contributed by atoms with Gasteiger partial charge < -0.3 is 5.11 Å². The van der Waals surface area contributed by atoms with E-state index in [9.17, 15) is 23.1 Å². The smallest absolute Gasteiger partial charge is 0.418 e. The SMILES string of the molecule is CSC1(C(=O)O)c2ccccc2C2CN1C(=O)N2OS(=O)(=O)O. The molecule has 9 nitrogen and oxygen atoms in total. The molecule has 2 N–H and O–H groups in total. The summed E-state index contributed by atoms with van der Waals surface area (Å²) in [6.45, 7) is -0.0709. The molecule has 0 radical (unpaired) electrons. The number of aliphatic carboxylic acids is 1. The Kier molecular flexibility index (Phi) is 3.55. The first kappa shape index (κ1) is 16.1. The number of hydroxylamine groups is 2. The van der Waals surface area contributed by atoms with E-state index in [1.165, 1.54) is 0 Å². The highest BCUT2D eigenvalue weighted by Crippen LogP contribution is 2.51. The molecule has 2 heterocycles. The van der Waals surface area contributed by atoms with Gasteiger partial charge in [0.1, 0.15) is 6.04 Å². The van der Waals surface area contributed by atoms with Gasteiger partial charge in [0.15, 0.2) is 0 Å². The molecule has 2 amide bonds. The molecule has 1 saturated heterocycles. The van der Waals surface area contributed by atoms with E-state index in [1.54, 1.807) is 30.5 Å². The summed E-state index contributed by atoms with van der Waals surface area (Å²) in [5.41, 5.74) is 0.820. The van der Waals surface area contributed by atoms with Crippen molar-refractivity contribution in [2.45, 2.75) is 10.9 Å². The third-order valence-corrected chi connectivity index (χ3v) is 5.44. The lowest BCUT2D eigenvalue weighted by molar-refractivity contribution is -0.144. The fourth-order valence-electron chi connectivity index (χ4n) is 3.03. The van der Waals surface area contributed by atoms with Crippen LogP contribution < -0.4 is 0 Å². The molecule has 1 aromatic rings. The van der Waals surface area contributed by atoms with Crippen molar-refractivity contribution >= 4 is 34.2 Å². The molecule has 23 heavy (non-hydrogen) atoms. The third-order valence-electron chi connectivity index (χ3n) is 3.88. The van der Waals surface area contributed by atoms with E-state index >= 15 is 0 Å². The Bertz CT molecular complexity index is 796. The molecule has 3 rings (SSSR count). The van der Waals surface area contributed by atoms with Crippen LogP contribution in [0.3, 0.4) is 0 Å². The first-order valence-electron chi connectivity index (χ1n) is 6.38. The summed E-state index contributed by atoms with van der Waals surface area (Å²) in [4.78, 5) is 23.8. The molecule has 1 fully saturated rings. The maximum Gasteiger partial charge on any atom is 0.418 e. The van der Waals surface area contributed by atoms with E-state index in [1.807, 2.05) is 0 Å². The van der Waals surface area contributed by atoms with E-state index in [2.05, 4.69) is 4.28 Å².